The van der Waals surface area contributed by atoms with Crippen LogP contribution in [0, 0.1) is 5.92 Å². The molecule has 0 spiro atoms. The van der Waals surface area contributed by atoms with Crippen molar-refractivity contribution in [3.63, 3.8) is 0 Å². The van der Waals surface area contributed by atoms with E-state index in [-0.39, 0.29) is 0 Å². The maximum absolute atomic E-state index is 3.53. The molecule has 0 radical (unpaired) electrons. The molecule has 0 aromatic heterocycles. The van der Waals surface area contributed by atoms with E-state index in [9.17, 15) is 0 Å². The highest BCUT2D eigenvalue weighted by Crippen LogP contribution is 2.34. The Balaban J connectivity index is 1.87. The molecule has 2 atom stereocenters. The quantitative estimate of drug-likeness (QED) is 0.880. The summed E-state index contributed by atoms with van der Waals surface area (Å²) < 4.78 is 0. The second-order valence-electron chi connectivity index (χ2n) is 6.25. The first-order valence-electron chi connectivity index (χ1n) is 7.44. The van der Waals surface area contributed by atoms with Crippen LogP contribution in [0.5, 0.6) is 0 Å². The van der Waals surface area contributed by atoms with E-state index in [1.807, 2.05) is 0 Å². The van der Waals surface area contributed by atoms with Gasteiger partial charge in [0.15, 0.2) is 0 Å². The van der Waals surface area contributed by atoms with Gasteiger partial charge in [-0.1, -0.05) is 13.0 Å². The lowest BCUT2D eigenvalue weighted by Gasteiger charge is -2.27. The van der Waals surface area contributed by atoms with Crippen LogP contribution in [0.1, 0.15) is 18.9 Å². The maximum atomic E-state index is 3.53. The number of rotatable bonds is 2. The number of benzene rings is 1. The zero-order valence-electron chi connectivity index (χ0n) is 12.3. The number of hydrogen-bond acceptors (Lipinski definition) is 3. The summed E-state index contributed by atoms with van der Waals surface area (Å²) in [7, 11) is 4.40. The summed E-state index contributed by atoms with van der Waals surface area (Å²) in [5.41, 5.74) is 4.34. The van der Waals surface area contributed by atoms with E-state index in [0.29, 0.717) is 6.04 Å². The van der Waals surface area contributed by atoms with Gasteiger partial charge in [0.2, 0.25) is 0 Å². The molecule has 1 aromatic rings. The molecule has 2 aliphatic heterocycles. The van der Waals surface area contributed by atoms with Crippen LogP contribution in [-0.2, 0) is 6.42 Å². The summed E-state index contributed by atoms with van der Waals surface area (Å²) in [6.07, 6.45) is 2.47. The fraction of sp³-hybridized carbons (Fsp3) is 0.625. The van der Waals surface area contributed by atoms with Gasteiger partial charge in [0.05, 0.1) is 0 Å². The Morgan fingerprint density at radius 1 is 1.26 bits per heavy atom. The third kappa shape index (κ3) is 2.32. The summed E-state index contributed by atoms with van der Waals surface area (Å²) in [5.74, 6) is 0.738. The number of likely N-dealkylation sites (N-methyl/N-ethyl adjacent to an activating group) is 1. The molecule has 19 heavy (non-hydrogen) atoms. The molecule has 104 valence electrons. The molecule has 2 unspecified atom stereocenters. The largest absolute Gasteiger partial charge is 0.385 e. The van der Waals surface area contributed by atoms with E-state index in [1.165, 1.54) is 36.3 Å². The first-order chi connectivity index (χ1) is 9.16. The Bertz CT molecular complexity index is 455. The van der Waals surface area contributed by atoms with Gasteiger partial charge in [-0.25, -0.2) is 0 Å². The van der Waals surface area contributed by atoms with Crippen molar-refractivity contribution in [2.75, 3.05) is 43.9 Å². The minimum atomic E-state index is 0.674. The van der Waals surface area contributed by atoms with E-state index in [4.69, 9.17) is 0 Å². The normalized spacial score (nSPS) is 26.4. The summed E-state index contributed by atoms with van der Waals surface area (Å²) in [4.78, 5) is 4.96. The highest BCUT2D eigenvalue weighted by Gasteiger charge is 2.32. The van der Waals surface area contributed by atoms with Crippen LogP contribution in [-0.4, -0.2) is 44.7 Å². The molecule has 3 nitrogen and oxygen atoms in total. The second-order valence-corrected chi connectivity index (χ2v) is 6.25. The van der Waals surface area contributed by atoms with Crippen molar-refractivity contribution in [2.45, 2.75) is 25.8 Å². The first-order valence-corrected chi connectivity index (χ1v) is 7.44. The molecule has 2 heterocycles. The van der Waals surface area contributed by atoms with Crippen molar-refractivity contribution < 1.29 is 0 Å². The number of nitrogens with zero attached hydrogens (tertiary/aromatic N) is 2. The predicted octanol–water partition coefficient (Wildman–Crippen LogP) is 2.43. The fourth-order valence-corrected chi connectivity index (χ4v) is 3.61. The first kappa shape index (κ1) is 12.8. The van der Waals surface area contributed by atoms with E-state index in [0.717, 1.165) is 19.0 Å². The van der Waals surface area contributed by atoms with Gasteiger partial charge >= 0.3 is 0 Å². The standard InChI is InChI=1S/C16H25N3/c1-12-10-19(11-16(12)18(2)3)15-8-4-7-14-13(15)6-5-9-17-14/h4,7-8,12,16-17H,5-6,9-11H2,1-3H3. The molecular formula is C16H25N3. The van der Waals surface area contributed by atoms with Gasteiger partial charge in [-0.15, -0.1) is 0 Å². The van der Waals surface area contributed by atoms with Crippen molar-refractivity contribution in [1.82, 2.24) is 4.90 Å². The van der Waals surface area contributed by atoms with Crippen LogP contribution >= 0.6 is 0 Å². The van der Waals surface area contributed by atoms with Gasteiger partial charge in [-0.2, -0.15) is 0 Å². The predicted molar refractivity (Wildman–Crippen MR) is 82.1 cm³/mol. The zero-order chi connectivity index (χ0) is 13.4. The Kier molecular flexibility index (Phi) is 3.40. The van der Waals surface area contributed by atoms with Crippen molar-refractivity contribution in [2.24, 2.45) is 5.92 Å². The molecular weight excluding hydrogens is 234 g/mol. The van der Waals surface area contributed by atoms with Gasteiger partial charge in [-0.05, 0) is 50.6 Å². The van der Waals surface area contributed by atoms with Crippen molar-refractivity contribution in [1.29, 1.82) is 0 Å². The lowest BCUT2D eigenvalue weighted by Crippen LogP contribution is -2.34. The summed E-state index contributed by atoms with van der Waals surface area (Å²) in [6.45, 7) is 5.83. The minimum absolute atomic E-state index is 0.674. The second kappa shape index (κ2) is 5.04. The van der Waals surface area contributed by atoms with Crippen LogP contribution in [0.2, 0.25) is 0 Å². The van der Waals surface area contributed by atoms with Crippen molar-refractivity contribution >= 4 is 11.4 Å². The third-order valence-electron chi connectivity index (χ3n) is 4.65. The van der Waals surface area contributed by atoms with Gasteiger partial charge in [0, 0.05) is 37.1 Å². The lowest BCUT2D eigenvalue weighted by atomic mass is 10.0. The number of fused-ring (bicyclic) bond motifs is 1. The van der Waals surface area contributed by atoms with Gasteiger partial charge < -0.3 is 15.1 Å². The molecule has 2 aliphatic rings. The Morgan fingerprint density at radius 3 is 2.84 bits per heavy atom. The lowest BCUT2D eigenvalue weighted by molar-refractivity contribution is 0.266. The fourth-order valence-electron chi connectivity index (χ4n) is 3.61. The van der Waals surface area contributed by atoms with Crippen LogP contribution in [0.4, 0.5) is 11.4 Å². The van der Waals surface area contributed by atoms with Crippen LogP contribution in [0.25, 0.3) is 0 Å². The monoisotopic (exact) mass is 259 g/mol. The molecule has 0 amide bonds. The van der Waals surface area contributed by atoms with E-state index < -0.39 is 0 Å². The van der Waals surface area contributed by atoms with Crippen molar-refractivity contribution in [3.05, 3.63) is 23.8 Å². The summed E-state index contributed by atoms with van der Waals surface area (Å²) in [5, 5.41) is 3.53. The SMILES string of the molecule is CC1CN(c2cccc3c2CCCN3)CC1N(C)C. The van der Waals surface area contributed by atoms with Gasteiger partial charge in [-0.3, -0.25) is 0 Å². The topological polar surface area (TPSA) is 18.5 Å². The molecule has 0 bridgehead atoms. The Morgan fingerprint density at radius 2 is 2.11 bits per heavy atom. The minimum Gasteiger partial charge on any atom is -0.385 e. The zero-order valence-corrected chi connectivity index (χ0v) is 12.3. The smallest absolute Gasteiger partial charge is 0.0420 e. The molecule has 0 aliphatic carbocycles. The average Bonchev–Trinajstić information content (AvgIpc) is 2.80. The Labute approximate surface area is 116 Å². The average molecular weight is 259 g/mol. The molecule has 3 heteroatoms. The third-order valence-corrected chi connectivity index (χ3v) is 4.65. The molecule has 1 N–H and O–H groups in total. The number of anilines is 2. The maximum Gasteiger partial charge on any atom is 0.0420 e. The van der Waals surface area contributed by atoms with Gasteiger partial charge in [0.25, 0.3) is 0 Å². The van der Waals surface area contributed by atoms with E-state index in [1.54, 1.807) is 0 Å². The van der Waals surface area contributed by atoms with E-state index >= 15 is 0 Å². The molecule has 1 saturated heterocycles. The highest BCUT2D eigenvalue weighted by molar-refractivity contribution is 5.68. The highest BCUT2D eigenvalue weighted by atomic mass is 15.2. The molecule has 3 rings (SSSR count). The van der Waals surface area contributed by atoms with E-state index in [2.05, 4.69) is 54.3 Å². The van der Waals surface area contributed by atoms with Crippen LogP contribution < -0.4 is 10.2 Å². The molecule has 1 aromatic carbocycles. The molecule has 1 fully saturated rings. The van der Waals surface area contributed by atoms with Crippen LogP contribution in [0.15, 0.2) is 18.2 Å². The van der Waals surface area contributed by atoms with Gasteiger partial charge in [0.1, 0.15) is 0 Å². The van der Waals surface area contributed by atoms with Crippen LogP contribution in [0.3, 0.4) is 0 Å². The number of hydrogen-bond donors (Lipinski definition) is 1. The molecule has 0 saturated carbocycles. The van der Waals surface area contributed by atoms with Crippen molar-refractivity contribution in [3.8, 4) is 0 Å². The summed E-state index contributed by atoms with van der Waals surface area (Å²) >= 11 is 0. The Hall–Kier alpha value is -1.22. The number of nitrogens with one attached hydrogen (secondary N) is 1. The summed E-state index contributed by atoms with van der Waals surface area (Å²) in [6, 6.07) is 7.39.